The Kier molecular flexibility index (Phi) is 6.54. The number of rotatable bonds is 6. The quantitative estimate of drug-likeness (QED) is 0.683. The van der Waals surface area contributed by atoms with Gasteiger partial charge in [-0.2, -0.15) is 0 Å². The first kappa shape index (κ1) is 16.4. The standard InChI is InChI=1S/C14H30NO2P/c1-8-13-14(9-12(6)16-13)17-18(7)15(10(2)3)11(4)5/h10-14H,8-9H2,1-7H3/t12-,13+,14+,18?/m0/s1. The van der Waals surface area contributed by atoms with Crippen LogP contribution < -0.4 is 0 Å². The molecule has 4 heteroatoms. The first-order valence-corrected chi connectivity index (χ1v) is 8.86. The van der Waals surface area contributed by atoms with Crippen LogP contribution in [0.3, 0.4) is 0 Å². The summed E-state index contributed by atoms with van der Waals surface area (Å²) < 4.78 is 14.7. The van der Waals surface area contributed by atoms with Crippen molar-refractivity contribution in [3.8, 4) is 0 Å². The van der Waals surface area contributed by atoms with Gasteiger partial charge in [-0.1, -0.05) is 6.92 Å². The molecule has 0 N–H and O–H groups in total. The molecule has 0 saturated carbocycles. The summed E-state index contributed by atoms with van der Waals surface area (Å²) in [6, 6.07) is 1.06. The normalized spacial score (nSPS) is 30.7. The number of hydrogen-bond acceptors (Lipinski definition) is 3. The van der Waals surface area contributed by atoms with Crippen molar-refractivity contribution < 1.29 is 9.26 Å². The first-order valence-electron chi connectivity index (χ1n) is 7.21. The highest BCUT2D eigenvalue weighted by molar-refractivity contribution is 7.49. The lowest BCUT2D eigenvalue weighted by atomic mass is 10.1. The second-order valence-corrected chi connectivity index (χ2v) is 7.41. The first-order chi connectivity index (χ1) is 8.36. The fraction of sp³-hybridized carbons (Fsp3) is 1.00. The van der Waals surface area contributed by atoms with Gasteiger partial charge in [0.1, 0.15) is 8.30 Å². The van der Waals surface area contributed by atoms with E-state index in [1.54, 1.807) is 0 Å². The highest BCUT2D eigenvalue weighted by atomic mass is 31.2. The van der Waals surface area contributed by atoms with Gasteiger partial charge in [0.15, 0.2) is 0 Å². The van der Waals surface area contributed by atoms with Crippen LogP contribution in [0.5, 0.6) is 0 Å². The second-order valence-electron chi connectivity index (χ2n) is 5.80. The van der Waals surface area contributed by atoms with Crippen LogP contribution in [-0.2, 0) is 9.26 Å². The molecule has 0 bridgehead atoms. The SMILES string of the molecule is CC[C@H]1O[C@@H](C)C[C@H]1OP(C)N(C(C)C)C(C)C. The molecule has 0 aliphatic carbocycles. The number of nitrogens with zero attached hydrogens (tertiary/aromatic N) is 1. The molecule has 0 radical (unpaired) electrons. The van der Waals surface area contributed by atoms with E-state index >= 15 is 0 Å². The van der Waals surface area contributed by atoms with E-state index in [1.807, 2.05) is 0 Å². The van der Waals surface area contributed by atoms with E-state index in [0.717, 1.165) is 12.8 Å². The highest BCUT2D eigenvalue weighted by Crippen LogP contribution is 2.45. The molecular weight excluding hydrogens is 245 g/mol. The molecular formula is C14H30NO2P. The topological polar surface area (TPSA) is 21.7 Å². The molecule has 0 spiro atoms. The zero-order valence-electron chi connectivity index (χ0n) is 13.0. The number of ether oxygens (including phenoxy) is 1. The summed E-state index contributed by atoms with van der Waals surface area (Å²) in [5.74, 6) is 0. The summed E-state index contributed by atoms with van der Waals surface area (Å²) in [7, 11) is -0.532. The maximum atomic E-state index is 6.34. The van der Waals surface area contributed by atoms with Gasteiger partial charge in [-0.15, -0.1) is 0 Å². The van der Waals surface area contributed by atoms with Crippen LogP contribution in [0.25, 0.3) is 0 Å². The van der Waals surface area contributed by atoms with E-state index in [9.17, 15) is 0 Å². The van der Waals surface area contributed by atoms with Crippen LogP contribution in [0.1, 0.15) is 54.4 Å². The Morgan fingerprint density at radius 3 is 2.28 bits per heavy atom. The van der Waals surface area contributed by atoms with Crippen LogP contribution >= 0.6 is 8.30 Å². The summed E-state index contributed by atoms with van der Waals surface area (Å²) in [4.78, 5) is 0. The summed E-state index contributed by atoms with van der Waals surface area (Å²) in [6.45, 7) is 15.5. The molecule has 1 unspecified atom stereocenters. The predicted molar refractivity (Wildman–Crippen MR) is 79.1 cm³/mol. The van der Waals surface area contributed by atoms with Gasteiger partial charge in [-0.25, -0.2) is 0 Å². The Hall–Kier alpha value is 0.310. The van der Waals surface area contributed by atoms with Gasteiger partial charge in [0.2, 0.25) is 0 Å². The zero-order valence-corrected chi connectivity index (χ0v) is 13.9. The maximum absolute atomic E-state index is 6.34. The van der Waals surface area contributed by atoms with Crippen LogP contribution in [-0.4, -0.2) is 41.7 Å². The van der Waals surface area contributed by atoms with Crippen molar-refractivity contribution in [3.05, 3.63) is 0 Å². The molecule has 1 aliphatic rings. The van der Waals surface area contributed by atoms with E-state index < -0.39 is 8.30 Å². The van der Waals surface area contributed by atoms with Crippen molar-refractivity contribution in [2.75, 3.05) is 6.66 Å². The van der Waals surface area contributed by atoms with E-state index in [4.69, 9.17) is 9.26 Å². The largest absolute Gasteiger partial charge is 0.372 e. The molecule has 108 valence electrons. The molecule has 3 nitrogen and oxygen atoms in total. The van der Waals surface area contributed by atoms with Crippen molar-refractivity contribution in [3.63, 3.8) is 0 Å². The van der Waals surface area contributed by atoms with E-state index in [0.29, 0.717) is 18.2 Å². The van der Waals surface area contributed by atoms with Crippen molar-refractivity contribution in [2.45, 2.75) is 84.8 Å². The smallest absolute Gasteiger partial charge is 0.102 e. The third-order valence-corrected chi connectivity index (χ3v) is 5.61. The summed E-state index contributed by atoms with van der Waals surface area (Å²) in [5, 5.41) is 0. The fourth-order valence-corrected chi connectivity index (χ4v) is 4.91. The van der Waals surface area contributed by atoms with Crippen LogP contribution in [0, 0.1) is 0 Å². The lowest BCUT2D eigenvalue weighted by Crippen LogP contribution is -2.34. The Balaban J connectivity index is 2.59. The van der Waals surface area contributed by atoms with Crippen molar-refractivity contribution in [1.82, 2.24) is 4.67 Å². The Labute approximate surface area is 114 Å². The van der Waals surface area contributed by atoms with Gasteiger partial charge in [0, 0.05) is 18.5 Å². The second kappa shape index (κ2) is 7.19. The minimum absolute atomic E-state index is 0.279. The van der Waals surface area contributed by atoms with Crippen molar-refractivity contribution in [2.24, 2.45) is 0 Å². The maximum Gasteiger partial charge on any atom is 0.102 e. The molecule has 1 fully saturated rings. The minimum Gasteiger partial charge on any atom is -0.372 e. The Bertz CT molecular complexity index is 240. The van der Waals surface area contributed by atoms with Gasteiger partial charge in [-0.3, -0.25) is 4.67 Å². The average Bonchev–Trinajstić information content (AvgIpc) is 2.57. The van der Waals surface area contributed by atoms with Gasteiger partial charge in [0.25, 0.3) is 0 Å². The lowest BCUT2D eigenvalue weighted by molar-refractivity contribution is 0.0221. The van der Waals surface area contributed by atoms with Crippen LogP contribution in [0.15, 0.2) is 0 Å². The summed E-state index contributed by atoms with van der Waals surface area (Å²) in [5.41, 5.74) is 0. The van der Waals surface area contributed by atoms with Crippen molar-refractivity contribution >= 4 is 8.30 Å². The lowest BCUT2D eigenvalue weighted by Gasteiger charge is -2.37. The molecule has 1 saturated heterocycles. The third kappa shape index (κ3) is 4.16. The predicted octanol–water partition coefficient (Wildman–Crippen LogP) is 4.02. The molecule has 0 amide bonds. The van der Waals surface area contributed by atoms with Gasteiger partial charge in [0.05, 0.1) is 18.3 Å². The Morgan fingerprint density at radius 2 is 1.83 bits per heavy atom. The van der Waals surface area contributed by atoms with E-state index in [1.165, 1.54) is 0 Å². The van der Waals surface area contributed by atoms with E-state index in [2.05, 4.69) is 52.9 Å². The van der Waals surface area contributed by atoms with Gasteiger partial charge in [-0.05, 0) is 47.7 Å². The summed E-state index contributed by atoms with van der Waals surface area (Å²) in [6.07, 6.45) is 2.98. The molecule has 18 heavy (non-hydrogen) atoms. The third-order valence-electron chi connectivity index (χ3n) is 3.46. The molecule has 0 aromatic heterocycles. The molecule has 1 aliphatic heterocycles. The minimum atomic E-state index is -0.532. The molecule has 0 aromatic rings. The Morgan fingerprint density at radius 1 is 1.28 bits per heavy atom. The van der Waals surface area contributed by atoms with Gasteiger partial charge < -0.3 is 9.26 Å². The monoisotopic (exact) mass is 275 g/mol. The highest BCUT2D eigenvalue weighted by Gasteiger charge is 2.35. The molecule has 1 heterocycles. The van der Waals surface area contributed by atoms with Crippen LogP contribution in [0.2, 0.25) is 0 Å². The zero-order chi connectivity index (χ0) is 13.9. The fourth-order valence-electron chi connectivity index (χ4n) is 2.89. The van der Waals surface area contributed by atoms with Gasteiger partial charge >= 0.3 is 0 Å². The van der Waals surface area contributed by atoms with Crippen LogP contribution in [0.4, 0.5) is 0 Å². The molecule has 0 aromatic carbocycles. The van der Waals surface area contributed by atoms with E-state index in [-0.39, 0.29) is 12.2 Å². The summed E-state index contributed by atoms with van der Waals surface area (Å²) >= 11 is 0. The average molecular weight is 275 g/mol. The van der Waals surface area contributed by atoms with Crippen molar-refractivity contribution in [1.29, 1.82) is 0 Å². The molecule has 1 rings (SSSR count). The molecule has 4 atom stereocenters. The number of hydrogen-bond donors (Lipinski definition) is 0.